The van der Waals surface area contributed by atoms with Crippen LogP contribution in [-0.2, 0) is 9.53 Å². The summed E-state index contributed by atoms with van der Waals surface area (Å²) in [7, 11) is 1.60. The van der Waals surface area contributed by atoms with Crippen molar-refractivity contribution >= 4 is 17.9 Å². The summed E-state index contributed by atoms with van der Waals surface area (Å²) in [5, 5.41) is 0. The minimum atomic E-state index is -0.272. The van der Waals surface area contributed by atoms with Gasteiger partial charge in [-0.2, -0.15) is 0 Å². The molecule has 0 saturated carbocycles. The van der Waals surface area contributed by atoms with Gasteiger partial charge in [0.2, 0.25) is 0 Å². The van der Waals surface area contributed by atoms with Crippen LogP contribution >= 0.6 is 11.9 Å². The first-order valence-corrected chi connectivity index (χ1v) is 6.51. The van der Waals surface area contributed by atoms with E-state index < -0.39 is 0 Å². The Labute approximate surface area is 106 Å². The minimum absolute atomic E-state index is 0.0695. The van der Waals surface area contributed by atoms with Gasteiger partial charge in [0.15, 0.2) is 6.10 Å². The number of β-lactam (4-membered cyclic amide) rings is 1. The number of methoxy groups -OCH3 is 1. The molecule has 1 heterocycles. The zero-order valence-corrected chi connectivity index (χ0v) is 11.1. The molecule has 1 fully saturated rings. The van der Waals surface area contributed by atoms with Crippen LogP contribution in [0.5, 0.6) is 0 Å². The van der Waals surface area contributed by atoms with Gasteiger partial charge in [-0.05, 0) is 30.0 Å². The zero-order chi connectivity index (χ0) is 12.4. The fourth-order valence-corrected chi connectivity index (χ4v) is 3.20. The molecule has 1 amide bonds. The molecular weight excluding hydrogens is 234 g/mol. The molecule has 92 valence electrons. The molecule has 4 heteroatoms. The fraction of sp³-hybridized carbons (Fsp3) is 0.462. The van der Waals surface area contributed by atoms with Crippen LogP contribution < -0.4 is 0 Å². The van der Waals surface area contributed by atoms with E-state index in [4.69, 9.17) is 4.74 Å². The Morgan fingerprint density at radius 2 is 1.94 bits per heavy atom. The Hall–Kier alpha value is -1.00. The lowest BCUT2D eigenvalue weighted by molar-refractivity contribution is -0.160. The molecule has 1 aromatic rings. The summed E-state index contributed by atoms with van der Waals surface area (Å²) in [6, 6.07) is 10.1. The van der Waals surface area contributed by atoms with Gasteiger partial charge in [-0.25, -0.2) is 0 Å². The topological polar surface area (TPSA) is 29.5 Å². The van der Waals surface area contributed by atoms with E-state index in [0.29, 0.717) is 5.92 Å². The monoisotopic (exact) mass is 251 g/mol. The average Bonchev–Trinajstić information content (AvgIpc) is 2.33. The summed E-state index contributed by atoms with van der Waals surface area (Å²) in [5.41, 5.74) is 0. The van der Waals surface area contributed by atoms with Crippen molar-refractivity contribution in [1.82, 2.24) is 4.31 Å². The van der Waals surface area contributed by atoms with E-state index in [0.717, 1.165) is 4.90 Å². The molecular formula is C13H17NO2S. The summed E-state index contributed by atoms with van der Waals surface area (Å²) in [6.07, 6.45) is -0.272. The van der Waals surface area contributed by atoms with Crippen molar-refractivity contribution in [2.24, 2.45) is 5.92 Å². The molecule has 2 rings (SSSR count). The van der Waals surface area contributed by atoms with Crippen LogP contribution in [0.25, 0.3) is 0 Å². The Morgan fingerprint density at radius 1 is 1.29 bits per heavy atom. The van der Waals surface area contributed by atoms with Crippen molar-refractivity contribution < 1.29 is 9.53 Å². The Kier molecular flexibility index (Phi) is 3.74. The van der Waals surface area contributed by atoms with E-state index in [1.165, 1.54) is 11.9 Å². The lowest BCUT2D eigenvalue weighted by atomic mass is 9.91. The van der Waals surface area contributed by atoms with Gasteiger partial charge in [0.1, 0.15) is 0 Å². The highest BCUT2D eigenvalue weighted by Crippen LogP contribution is 2.38. The van der Waals surface area contributed by atoms with Crippen LogP contribution in [0.2, 0.25) is 0 Å². The van der Waals surface area contributed by atoms with Gasteiger partial charge in [0, 0.05) is 12.0 Å². The standard InChI is InChI=1S/C13H17NO2S/c1-9(2)11-12(16-3)13(15)14(11)17-10-7-5-4-6-8-10/h4-9,11-12H,1-3H3/t11-,12-/m0/s1. The molecule has 17 heavy (non-hydrogen) atoms. The number of rotatable bonds is 4. The largest absolute Gasteiger partial charge is 0.369 e. The van der Waals surface area contributed by atoms with Crippen LogP contribution in [0, 0.1) is 5.92 Å². The zero-order valence-electron chi connectivity index (χ0n) is 10.3. The number of nitrogens with zero attached hydrogens (tertiary/aromatic N) is 1. The van der Waals surface area contributed by atoms with Crippen molar-refractivity contribution in [2.75, 3.05) is 7.11 Å². The normalized spacial score (nSPS) is 24.0. The van der Waals surface area contributed by atoms with Crippen molar-refractivity contribution in [3.63, 3.8) is 0 Å². The number of amides is 1. The van der Waals surface area contributed by atoms with Gasteiger partial charge >= 0.3 is 0 Å². The van der Waals surface area contributed by atoms with Gasteiger partial charge in [0.05, 0.1) is 6.04 Å². The highest BCUT2D eigenvalue weighted by molar-refractivity contribution is 7.97. The van der Waals surface area contributed by atoms with Gasteiger partial charge < -0.3 is 4.74 Å². The first-order valence-electron chi connectivity index (χ1n) is 5.74. The smallest absolute Gasteiger partial charge is 0.264 e. The fourth-order valence-electron chi connectivity index (χ4n) is 2.02. The van der Waals surface area contributed by atoms with E-state index in [1.807, 2.05) is 34.6 Å². The Bertz CT molecular complexity index is 394. The Morgan fingerprint density at radius 3 is 2.47 bits per heavy atom. The first kappa shape index (κ1) is 12.5. The van der Waals surface area contributed by atoms with Crippen molar-refractivity contribution in [3.8, 4) is 0 Å². The third kappa shape index (κ3) is 2.33. The summed E-state index contributed by atoms with van der Waals surface area (Å²) >= 11 is 1.50. The summed E-state index contributed by atoms with van der Waals surface area (Å²) in [6.45, 7) is 4.23. The quantitative estimate of drug-likeness (QED) is 0.608. The highest BCUT2D eigenvalue weighted by Gasteiger charge is 2.49. The maximum atomic E-state index is 11.9. The molecule has 0 aliphatic carbocycles. The molecule has 0 N–H and O–H groups in total. The summed E-state index contributed by atoms with van der Waals surface area (Å²) in [5.74, 6) is 0.467. The maximum Gasteiger partial charge on any atom is 0.264 e. The van der Waals surface area contributed by atoms with Gasteiger partial charge in [-0.3, -0.25) is 9.10 Å². The molecule has 1 saturated heterocycles. The van der Waals surface area contributed by atoms with Crippen LogP contribution in [-0.4, -0.2) is 29.5 Å². The average molecular weight is 251 g/mol. The van der Waals surface area contributed by atoms with E-state index in [9.17, 15) is 4.79 Å². The van der Waals surface area contributed by atoms with E-state index in [2.05, 4.69) is 13.8 Å². The third-order valence-electron chi connectivity index (χ3n) is 2.93. The number of carbonyl (C=O) groups excluding carboxylic acids is 1. The van der Waals surface area contributed by atoms with Crippen LogP contribution in [0.3, 0.4) is 0 Å². The molecule has 0 spiro atoms. The van der Waals surface area contributed by atoms with Crippen LogP contribution in [0.4, 0.5) is 0 Å². The molecule has 3 nitrogen and oxygen atoms in total. The molecule has 0 aromatic heterocycles. The third-order valence-corrected chi connectivity index (χ3v) is 4.03. The van der Waals surface area contributed by atoms with Crippen molar-refractivity contribution in [1.29, 1.82) is 0 Å². The molecule has 1 aliphatic heterocycles. The lowest BCUT2D eigenvalue weighted by Gasteiger charge is -2.47. The SMILES string of the molecule is CO[C@@H]1C(=O)N(Sc2ccccc2)[C@H]1C(C)C. The molecule has 0 bridgehead atoms. The van der Waals surface area contributed by atoms with Gasteiger partial charge in [-0.1, -0.05) is 32.0 Å². The van der Waals surface area contributed by atoms with Gasteiger partial charge in [0.25, 0.3) is 5.91 Å². The number of hydrogen-bond acceptors (Lipinski definition) is 3. The van der Waals surface area contributed by atoms with E-state index in [-0.39, 0.29) is 18.1 Å². The molecule has 1 aromatic carbocycles. The number of hydrogen-bond donors (Lipinski definition) is 0. The first-order chi connectivity index (χ1) is 8.15. The summed E-state index contributed by atoms with van der Waals surface area (Å²) < 4.78 is 7.06. The minimum Gasteiger partial charge on any atom is -0.369 e. The van der Waals surface area contributed by atoms with Crippen LogP contribution in [0.1, 0.15) is 13.8 Å². The number of carbonyl (C=O) groups is 1. The second-order valence-electron chi connectivity index (χ2n) is 4.46. The van der Waals surface area contributed by atoms with Crippen molar-refractivity contribution in [2.45, 2.75) is 30.9 Å². The van der Waals surface area contributed by atoms with E-state index in [1.54, 1.807) is 7.11 Å². The molecule has 0 unspecified atom stereocenters. The maximum absolute atomic E-state index is 11.9. The predicted molar refractivity (Wildman–Crippen MR) is 68.6 cm³/mol. The van der Waals surface area contributed by atoms with E-state index >= 15 is 0 Å². The predicted octanol–water partition coefficient (Wildman–Crippen LogP) is 2.58. The van der Waals surface area contributed by atoms with Crippen LogP contribution in [0.15, 0.2) is 35.2 Å². The molecule has 1 aliphatic rings. The second-order valence-corrected chi connectivity index (χ2v) is 5.51. The van der Waals surface area contributed by atoms with Gasteiger partial charge in [-0.15, -0.1) is 0 Å². The Balaban J connectivity index is 2.08. The lowest BCUT2D eigenvalue weighted by Crippen LogP contribution is -2.64. The highest BCUT2D eigenvalue weighted by atomic mass is 32.2. The molecule has 2 atom stereocenters. The molecule has 0 radical (unpaired) electrons. The number of ether oxygens (including phenoxy) is 1. The summed E-state index contributed by atoms with van der Waals surface area (Å²) in [4.78, 5) is 13.0. The van der Waals surface area contributed by atoms with Crippen molar-refractivity contribution in [3.05, 3.63) is 30.3 Å². The number of benzene rings is 1. The second kappa shape index (κ2) is 5.10.